The Labute approximate surface area is 196 Å². The molecule has 1 fully saturated rings. The number of aromatic amines is 1. The molecule has 4 aromatic rings. The molecule has 8 nitrogen and oxygen atoms in total. The highest BCUT2D eigenvalue weighted by Gasteiger charge is 2.15. The normalized spacial score (nSPS) is 13.9. The maximum Gasteiger partial charge on any atom is 0.275 e. The molecule has 0 radical (unpaired) electrons. The molecule has 0 aliphatic carbocycles. The summed E-state index contributed by atoms with van der Waals surface area (Å²) in [5.41, 5.74) is 6.94. The van der Waals surface area contributed by atoms with Crippen molar-refractivity contribution in [3.63, 3.8) is 0 Å². The van der Waals surface area contributed by atoms with Gasteiger partial charge < -0.3 is 4.74 Å². The van der Waals surface area contributed by atoms with E-state index >= 15 is 0 Å². The van der Waals surface area contributed by atoms with E-state index in [0.29, 0.717) is 16.7 Å². The van der Waals surface area contributed by atoms with E-state index < -0.39 is 5.91 Å². The fraction of sp³-hybridized carbons (Fsp3) is 0.192. The van der Waals surface area contributed by atoms with E-state index in [2.05, 4.69) is 56.2 Å². The molecule has 1 aliphatic rings. The number of hydrogen-bond acceptors (Lipinski definition) is 6. The second kappa shape index (κ2) is 9.85. The first-order valence-electron chi connectivity index (χ1n) is 11.0. The number of rotatable bonds is 4. The number of carbonyl (C=O) groups excluding carboxylic acids is 1. The van der Waals surface area contributed by atoms with Crippen LogP contribution >= 0.6 is 0 Å². The predicted octanol–water partition coefficient (Wildman–Crippen LogP) is 2.98. The van der Waals surface area contributed by atoms with Crippen LogP contribution in [0.2, 0.25) is 0 Å². The van der Waals surface area contributed by atoms with Gasteiger partial charge in [-0.1, -0.05) is 36.1 Å². The molecule has 2 aromatic carbocycles. The fourth-order valence-electron chi connectivity index (χ4n) is 3.90. The SMILES string of the molecule is O=C(NO)c1cc(-c2ccc(C#Cc3ccc(CN4CCOCC4)cc3)cc2)nc2[nH]ncc12. The van der Waals surface area contributed by atoms with Crippen molar-refractivity contribution in [2.24, 2.45) is 0 Å². The van der Waals surface area contributed by atoms with Gasteiger partial charge in [0.25, 0.3) is 5.91 Å². The molecule has 34 heavy (non-hydrogen) atoms. The standard InChI is InChI=1S/C26H23N5O3/c32-26(30-33)22-15-24(28-25-23(22)16-27-29-25)21-9-7-19(8-10-21)2-1-18-3-5-20(6-4-18)17-31-11-13-34-14-12-31/h3-10,15-16,33H,11-14,17H2,(H,30,32)(H,27,28,29). The average molecular weight is 454 g/mol. The number of H-pyrrole nitrogens is 1. The zero-order chi connectivity index (χ0) is 23.3. The van der Waals surface area contributed by atoms with Gasteiger partial charge in [-0.3, -0.25) is 20.0 Å². The van der Waals surface area contributed by atoms with Crippen LogP contribution in [-0.4, -0.2) is 57.5 Å². The van der Waals surface area contributed by atoms with E-state index in [0.717, 1.165) is 49.5 Å². The maximum absolute atomic E-state index is 12.0. The molecule has 3 N–H and O–H groups in total. The monoisotopic (exact) mass is 453 g/mol. The van der Waals surface area contributed by atoms with Crippen LogP contribution in [0.25, 0.3) is 22.3 Å². The van der Waals surface area contributed by atoms with E-state index in [1.54, 1.807) is 11.5 Å². The molecule has 2 aromatic heterocycles. The number of pyridine rings is 1. The van der Waals surface area contributed by atoms with Crippen molar-refractivity contribution in [1.29, 1.82) is 0 Å². The Morgan fingerprint density at radius 3 is 2.41 bits per heavy atom. The van der Waals surface area contributed by atoms with Gasteiger partial charge in [-0.2, -0.15) is 5.10 Å². The van der Waals surface area contributed by atoms with Crippen LogP contribution in [0.3, 0.4) is 0 Å². The summed E-state index contributed by atoms with van der Waals surface area (Å²) in [6, 6.07) is 17.6. The number of hydroxylamine groups is 1. The molecule has 170 valence electrons. The molecule has 5 rings (SSSR count). The number of carbonyl (C=O) groups is 1. The predicted molar refractivity (Wildman–Crippen MR) is 127 cm³/mol. The van der Waals surface area contributed by atoms with E-state index in [-0.39, 0.29) is 5.56 Å². The van der Waals surface area contributed by atoms with Gasteiger partial charge in [-0.25, -0.2) is 10.5 Å². The molecular formula is C26H23N5O3. The van der Waals surface area contributed by atoms with Crippen LogP contribution in [0.1, 0.15) is 27.0 Å². The Hall–Kier alpha value is -4.03. The van der Waals surface area contributed by atoms with Crippen molar-refractivity contribution >= 4 is 16.9 Å². The Kier molecular flexibility index (Phi) is 6.31. The second-order valence-corrected chi connectivity index (χ2v) is 8.04. The van der Waals surface area contributed by atoms with Crippen LogP contribution in [0.4, 0.5) is 0 Å². The number of fused-ring (bicyclic) bond motifs is 1. The zero-order valence-electron chi connectivity index (χ0n) is 18.4. The van der Waals surface area contributed by atoms with Crippen molar-refractivity contribution in [1.82, 2.24) is 25.6 Å². The number of ether oxygens (including phenoxy) is 1. The molecule has 8 heteroatoms. The molecule has 1 aliphatic heterocycles. The molecule has 3 heterocycles. The zero-order valence-corrected chi connectivity index (χ0v) is 18.4. The Balaban J connectivity index is 1.30. The molecule has 0 bridgehead atoms. The van der Waals surface area contributed by atoms with Crippen molar-refractivity contribution < 1.29 is 14.7 Å². The van der Waals surface area contributed by atoms with Gasteiger partial charge >= 0.3 is 0 Å². The maximum atomic E-state index is 12.0. The topological polar surface area (TPSA) is 103 Å². The highest BCUT2D eigenvalue weighted by Crippen LogP contribution is 2.24. The first kappa shape index (κ1) is 21.8. The van der Waals surface area contributed by atoms with Gasteiger partial charge in [0, 0.05) is 36.3 Å². The minimum absolute atomic E-state index is 0.289. The molecule has 1 amide bonds. The Morgan fingerprint density at radius 1 is 1.06 bits per heavy atom. The van der Waals surface area contributed by atoms with Crippen LogP contribution in [0, 0.1) is 11.8 Å². The van der Waals surface area contributed by atoms with Crippen LogP contribution in [0.5, 0.6) is 0 Å². The third kappa shape index (κ3) is 4.82. The fourth-order valence-corrected chi connectivity index (χ4v) is 3.90. The van der Waals surface area contributed by atoms with Crippen molar-refractivity contribution in [3.8, 4) is 23.1 Å². The lowest BCUT2D eigenvalue weighted by Crippen LogP contribution is -2.35. The van der Waals surface area contributed by atoms with Crippen molar-refractivity contribution in [3.05, 3.63) is 83.0 Å². The molecule has 0 atom stereocenters. The highest BCUT2D eigenvalue weighted by molar-refractivity contribution is 6.05. The highest BCUT2D eigenvalue weighted by atomic mass is 16.5. The minimum Gasteiger partial charge on any atom is -0.379 e. The largest absolute Gasteiger partial charge is 0.379 e. The van der Waals surface area contributed by atoms with Crippen molar-refractivity contribution in [2.75, 3.05) is 26.3 Å². The first-order valence-corrected chi connectivity index (χ1v) is 11.0. The quantitative estimate of drug-likeness (QED) is 0.249. The number of amides is 1. The third-order valence-corrected chi connectivity index (χ3v) is 5.76. The third-order valence-electron chi connectivity index (χ3n) is 5.76. The van der Waals surface area contributed by atoms with Gasteiger partial charge in [0.1, 0.15) is 0 Å². The summed E-state index contributed by atoms with van der Waals surface area (Å²) < 4.78 is 5.40. The number of benzene rings is 2. The number of aromatic nitrogens is 3. The molecule has 0 spiro atoms. The van der Waals surface area contributed by atoms with E-state index in [1.165, 1.54) is 11.8 Å². The number of hydrogen-bond donors (Lipinski definition) is 3. The van der Waals surface area contributed by atoms with Crippen LogP contribution in [0.15, 0.2) is 60.8 Å². The number of morpholine rings is 1. The second-order valence-electron chi connectivity index (χ2n) is 8.04. The first-order chi connectivity index (χ1) is 16.7. The summed E-state index contributed by atoms with van der Waals surface area (Å²) in [5.74, 6) is 5.79. The summed E-state index contributed by atoms with van der Waals surface area (Å²) in [7, 11) is 0. The minimum atomic E-state index is -0.617. The molecule has 0 saturated carbocycles. The lowest BCUT2D eigenvalue weighted by molar-refractivity contribution is 0.0342. The number of nitrogens with one attached hydrogen (secondary N) is 2. The summed E-state index contributed by atoms with van der Waals surface area (Å²) in [6.45, 7) is 4.47. The Bertz CT molecular complexity index is 1360. The lowest BCUT2D eigenvalue weighted by Gasteiger charge is -2.26. The van der Waals surface area contributed by atoms with Gasteiger partial charge in [-0.05, 0) is 35.9 Å². The van der Waals surface area contributed by atoms with Gasteiger partial charge in [0.15, 0.2) is 5.65 Å². The van der Waals surface area contributed by atoms with Gasteiger partial charge in [0.05, 0.1) is 36.1 Å². The smallest absolute Gasteiger partial charge is 0.275 e. The molecule has 1 saturated heterocycles. The van der Waals surface area contributed by atoms with Crippen LogP contribution in [-0.2, 0) is 11.3 Å². The summed E-state index contributed by atoms with van der Waals surface area (Å²) in [4.78, 5) is 19.0. The summed E-state index contributed by atoms with van der Waals surface area (Å²) >= 11 is 0. The van der Waals surface area contributed by atoms with E-state index in [9.17, 15) is 4.79 Å². The summed E-state index contributed by atoms with van der Waals surface area (Å²) in [6.07, 6.45) is 1.50. The molecule has 0 unspecified atom stereocenters. The van der Waals surface area contributed by atoms with Crippen LogP contribution < -0.4 is 5.48 Å². The van der Waals surface area contributed by atoms with Crippen molar-refractivity contribution in [2.45, 2.75) is 6.54 Å². The lowest BCUT2D eigenvalue weighted by atomic mass is 10.0. The summed E-state index contributed by atoms with van der Waals surface area (Å²) in [5, 5.41) is 16.3. The average Bonchev–Trinajstić information content (AvgIpc) is 3.37. The number of nitrogens with zero attached hydrogens (tertiary/aromatic N) is 3. The van der Waals surface area contributed by atoms with E-state index in [4.69, 9.17) is 9.94 Å². The van der Waals surface area contributed by atoms with Gasteiger partial charge in [-0.15, -0.1) is 0 Å². The Morgan fingerprint density at radius 2 is 1.74 bits per heavy atom. The molecular weight excluding hydrogens is 430 g/mol. The van der Waals surface area contributed by atoms with E-state index in [1.807, 2.05) is 24.3 Å². The van der Waals surface area contributed by atoms with Gasteiger partial charge in [0.2, 0.25) is 0 Å².